The van der Waals surface area contributed by atoms with Crippen LogP contribution in [0.3, 0.4) is 0 Å². The number of ether oxygens (including phenoxy) is 6. The summed E-state index contributed by atoms with van der Waals surface area (Å²) < 4.78 is 76.6. The number of hydrogen-bond acceptors (Lipinski definition) is 17. The van der Waals surface area contributed by atoms with Crippen molar-refractivity contribution in [2.24, 2.45) is 0 Å². The highest BCUT2D eigenvalue weighted by molar-refractivity contribution is 7.46. The lowest BCUT2D eigenvalue weighted by molar-refractivity contribution is -0.240. The number of hydrogen-bond donors (Lipinski definition) is 2. The van der Waals surface area contributed by atoms with Gasteiger partial charge in [0.05, 0.1) is 91.0 Å². The topological polar surface area (TPSA) is 243 Å². The third-order valence-electron chi connectivity index (χ3n) is 9.51. The molecule has 2 saturated carbocycles. The van der Waals surface area contributed by atoms with Crippen LogP contribution in [-0.2, 0) is 55.6 Å². The van der Waals surface area contributed by atoms with Crippen molar-refractivity contribution < 1.29 is 81.1 Å². The number of phosphoric acid groups is 2. The van der Waals surface area contributed by atoms with E-state index in [0.29, 0.717) is 25.7 Å². The van der Waals surface area contributed by atoms with Gasteiger partial charge in [-0.15, -0.1) is 0 Å². The van der Waals surface area contributed by atoms with Gasteiger partial charge in [0.15, 0.2) is 0 Å². The van der Waals surface area contributed by atoms with Crippen LogP contribution in [0.15, 0.2) is 0 Å². The Morgan fingerprint density at radius 3 is 1.83 bits per heavy atom. The largest absolute Gasteiger partial charge is 0.870 e. The smallest absolute Gasteiger partial charge is 0.268 e. The SMILES string of the molecule is C.[B][C@H]1C[C@@H](OC(C)C)[C@@H](CO)O1.[B][C@H]1C[C@@H](OP(=O)([O-])OC[C@H]2O[C@@H]([B])C[C@H]2OC(C)C)[C@@](O)(COC(C)C)C1.[B][C@H]1C[C@H]2OP(=O)([O-])O[C@]2(COC(C)C)C1.[OH-]. The summed E-state index contributed by atoms with van der Waals surface area (Å²) >= 11 is 0. The Morgan fingerprint density at radius 1 is 0.810 bits per heavy atom. The zero-order valence-corrected chi connectivity index (χ0v) is 36.2. The molecule has 5 fully saturated rings. The maximum atomic E-state index is 12.3. The first-order chi connectivity index (χ1) is 25.9. The van der Waals surface area contributed by atoms with Crippen LogP contribution < -0.4 is 9.79 Å². The summed E-state index contributed by atoms with van der Waals surface area (Å²) in [7, 11) is 14.1. The molecule has 8 radical (unpaired) electrons. The number of fused-ring (bicyclic) bond motifs is 1. The van der Waals surface area contributed by atoms with Crippen molar-refractivity contribution >= 4 is 47.0 Å². The van der Waals surface area contributed by atoms with Gasteiger partial charge in [-0.3, -0.25) is 9.13 Å². The monoisotopic (exact) mass is 863 g/mol. The van der Waals surface area contributed by atoms with E-state index in [9.17, 15) is 24.0 Å². The summed E-state index contributed by atoms with van der Waals surface area (Å²) in [5.41, 5.74) is -2.40. The summed E-state index contributed by atoms with van der Waals surface area (Å²) in [6, 6.07) is -0.832. The minimum Gasteiger partial charge on any atom is -0.870 e. The summed E-state index contributed by atoms with van der Waals surface area (Å²) in [5.74, 6) is -0.494. The van der Waals surface area contributed by atoms with Crippen LogP contribution in [0, 0.1) is 0 Å². The van der Waals surface area contributed by atoms with Gasteiger partial charge in [0.1, 0.15) is 39.1 Å². The van der Waals surface area contributed by atoms with Gasteiger partial charge >= 0.3 is 0 Å². The second-order valence-corrected chi connectivity index (χ2v) is 18.9. The Labute approximate surface area is 351 Å². The van der Waals surface area contributed by atoms with Crippen LogP contribution in [-0.4, -0.2) is 158 Å². The van der Waals surface area contributed by atoms with E-state index in [4.69, 9.17) is 83.0 Å². The van der Waals surface area contributed by atoms with E-state index in [1.54, 1.807) is 0 Å². The molecule has 2 aliphatic carbocycles. The lowest BCUT2D eigenvalue weighted by atomic mass is 9.85. The lowest BCUT2D eigenvalue weighted by Crippen LogP contribution is -2.44. The molecule has 23 heteroatoms. The van der Waals surface area contributed by atoms with Gasteiger partial charge in [-0.1, -0.05) is 19.1 Å². The van der Waals surface area contributed by atoms with Gasteiger partial charge in [0.2, 0.25) is 0 Å². The first kappa shape index (κ1) is 56.1. The molecule has 0 spiro atoms. The minimum absolute atomic E-state index is 0. The summed E-state index contributed by atoms with van der Waals surface area (Å²) in [6.07, 6.45) is -0.439. The van der Waals surface area contributed by atoms with Crippen LogP contribution in [0.1, 0.15) is 101 Å². The Balaban J connectivity index is 0.000000473. The van der Waals surface area contributed by atoms with Gasteiger partial charge in [-0.05, 0) is 93.9 Å². The van der Waals surface area contributed by atoms with Crippen LogP contribution in [0.2, 0.25) is 11.6 Å². The molecule has 3 saturated heterocycles. The quantitative estimate of drug-likeness (QED) is 0.167. The molecule has 3 aliphatic heterocycles. The molecule has 5 rings (SSSR count). The van der Waals surface area contributed by atoms with Crippen LogP contribution in [0.5, 0.6) is 0 Å². The normalized spacial score (nSPS) is 39.1. The molecule has 0 aromatic rings. The van der Waals surface area contributed by atoms with Crippen LogP contribution in [0.4, 0.5) is 0 Å². The van der Waals surface area contributed by atoms with E-state index in [1.807, 2.05) is 55.4 Å². The minimum atomic E-state index is -4.73. The molecule has 0 bridgehead atoms. The van der Waals surface area contributed by atoms with E-state index in [1.165, 1.54) is 0 Å². The standard InChI is InChI=1S/C17H31B2O8P.C9H16BO5P.C8H15BO3.CH4.H2O/c1-10(2)23-9-17(20)7-12(18)5-15(17)27-28(21,22)24-8-14-13(25-11(3)4)6-16(19)26-14;1-6(2)13-5-9-4-7(10)3-8(9)14-16(11,12)15-9;1-5(2)11-6-3-8(9)12-7(6)4-10;;/h10-16,20H,5-9H2,1-4H3,(H,21,22);6-8H,3-5H2,1-2H3,(H,11,12);5-8,10H,3-4H2,1-2H3;1H4;1H2/p-3/t12-,13+,14+,15+,16+,17-;7-,8+,9-;6-,7-,8-;;/m001../s1. The van der Waals surface area contributed by atoms with E-state index >= 15 is 0 Å². The fourth-order valence-corrected chi connectivity index (χ4v) is 9.48. The molecule has 14 atom stereocenters. The van der Waals surface area contributed by atoms with Gasteiger partial charge in [0.25, 0.3) is 15.6 Å². The van der Waals surface area contributed by atoms with Crippen molar-refractivity contribution in [1.82, 2.24) is 0 Å². The third kappa shape index (κ3) is 17.7. The highest BCUT2D eigenvalue weighted by Gasteiger charge is 2.56. The van der Waals surface area contributed by atoms with E-state index in [2.05, 4.69) is 0 Å². The van der Waals surface area contributed by atoms with E-state index in [-0.39, 0.29) is 107 Å². The van der Waals surface area contributed by atoms with Gasteiger partial charge in [-0.25, -0.2) is 0 Å². The Kier molecular flexibility index (Phi) is 23.5. The van der Waals surface area contributed by atoms with Crippen molar-refractivity contribution in [3.8, 4) is 0 Å². The van der Waals surface area contributed by atoms with E-state index in [0.717, 1.165) is 0 Å². The Bertz CT molecular complexity index is 1290. The van der Waals surface area contributed by atoms with Crippen LogP contribution in [0.25, 0.3) is 0 Å². The lowest BCUT2D eigenvalue weighted by Gasteiger charge is -2.35. The van der Waals surface area contributed by atoms with Gasteiger partial charge in [0, 0.05) is 12.0 Å². The third-order valence-corrected chi connectivity index (χ3v) is 11.6. The maximum Gasteiger partial charge on any atom is 0.268 e. The second kappa shape index (κ2) is 24.3. The van der Waals surface area contributed by atoms with Crippen molar-refractivity contribution in [3.63, 3.8) is 0 Å². The van der Waals surface area contributed by atoms with Gasteiger partial charge in [-0.2, -0.15) is 0 Å². The predicted molar refractivity (Wildman–Crippen MR) is 213 cm³/mol. The van der Waals surface area contributed by atoms with E-state index < -0.39 is 57.0 Å². The number of rotatable bonds is 16. The summed E-state index contributed by atoms with van der Waals surface area (Å²) in [5, 5.41) is 19.7. The Morgan fingerprint density at radius 2 is 1.31 bits per heavy atom. The van der Waals surface area contributed by atoms with Crippen LogP contribution >= 0.6 is 15.6 Å². The molecule has 2 unspecified atom stereocenters. The highest BCUT2D eigenvalue weighted by Crippen LogP contribution is 2.61. The molecule has 58 heavy (non-hydrogen) atoms. The molecule has 5 aliphatic rings. The van der Waals surface area contributed by atoms with Crippen molar-refractivity contribution in [1.29, 1.82) is 0 Å². The second-order valence-electron chi connectivity index (χ2n) is 16.3. The van der Waals surface area contributed by atoms with Crippen molar-refractivity contribution in [3.05, 3.63) is 0 Å². The average Bonchev–Trinajstić information content (AvgIpc) is 3.80. The molecular formula is C35H65B4O17P2-3. The van der Waals surface area contributed by atoms with Gasteiger partial charge < -0.3 is 72.0 Å². The molecule has 332 valence electrons. The summed E-state index contributed by atoms with van der Waals surface area (Å²) in [6.45, 7) is 14.9. The number of aliphatic hydroxyl groups is 2. The molecule has 0 amide bonds. The molecular weight excluding hydrogens is 798 g/mol. The number of phosphoric ester groups is 2. The molecule has 3 heterocycles. The predicted octanol–water partition coefficient (Wildman–Crippen LogP) is 2.14. The number of aliphatic hydroxyl groups excluding tert-OH is 1. The highest BCUT2D eigenvalue weighted by atomic mass is 31.2. The molecule has 3 N–H and O–H groups in total. The summed E-state index contributed by atoms with van der Waals surface area (Å²) in [4.78, 5) is 23.6. The van der Waals surface area contributed by atoms with Crippen molar-refractivity contribution in [2.45, 2.75) is 197 Å². The Hall–Kier alpha value is 0.120. The maximum absolute atomic E-state index is 12.3. The molecule has 0 aromatic carbocycles. The fraction of sp³-hybridized carbons (Fsp3) is 1.00. The first-order valence-corrected chi connectivity index (χ1v) is 22.3. The average molecular weight is 863 g/mol. The fourth-order valence-electron chi connectivity index (χ4n) is 7.18. The molecule has 0 aromatic heterocycles. The van der Waals surface area contributed by atoms with Crippen molar-refractivity contribution in [2.75, 3.05) is 26.4 Å². The zero-order valence-electron chi connectivity index (χ0n) is 34.4. The molecule has 17 nitrogen and oxygen atoms in total. The first-order valence-electron chi connectivity index (χ1n) is 19.4. The zero-order chi connectivity index (χ0) is 42.2.